The Morgan fingerprint density at radius 3 is 2.80 bits per heavy atom. The lowest BCUT2D eigenvalue weighted by Gasteiger charge is -1.98. The number of ketones is 1. The molecule has 0 atom stereocenters. The molecule has 2 rings (SSSR count). The van der Waals surface area contributed by atoms with Gasteiger partial charge in [0.2, 0.25) is 0 Å². The first kappa shape index (κ1) is 13.7. The zero-order valence-corrected chi connectivity index (χ0v) is 10.3. The van der Waals surface area contributed by atoms with Gasteiger partial charge in [0.05, 0.1) is 18.1 Å². The van der Waals surface area contributed by atoms with E-state index in [1.807, 2.05) is 0 Å². The van der Waals surface area contributed by atoms with Crippen LogP contribution in [0.25, 0.3) is 17.4 Å². The molecule has 1 aromatic carbocycles. The third-order valence-corrected chi connectivity index (χ3v) is 2.51. The van der Waals surface area contributed by atoms with Crippen molar-refractivity contribution in [3.8, 4) is 17.4 Å². The number of furan rings is 1. The number of halogens is 2. The molecule has 0 bridgehead atoms. The van der Waals surface area contributed by atoms with Gasteiger partial charge in [0.25, 0.3) is 0 Å². The number of benzene rings is 1. The fourth-order valence-corrected chi connectivity index (χ4v) is 1.59. The summed E-state index contributed by atoms with van der Waals surface area (Å²) < 4.78 is 31.7. The zero-order valence-electron chi connectivity index (χ0n) is 10.3. The molecule has 1 aromatic heterocycles. The van der Waals surface area contributed by atoms with Crippen molar-refractivity contribution in [2.24, 2.45) is 0 Å². The van der Waals surface area contributed by atoms with Crippen molar-refractivity contribution in [2.75, 3.05) is 0 Å². The number of rotatable bonds is 4. The predicted molar refractivity (Wildman–Crippen MR) is 68.3 cm³/mol. The number of hydrogen-bond donors (Lipinski definition) is 0. The molecule has 0 saturated heterocycles. The molecular formula is C15H9F2NO2. The number of nitriles is 1. The maximum atomic E-state index is 13.6. The van der Waals surface area contributed by atoms with Gasteiger partial charge < -0.3 is 4.42 Å². The van der Waals surface area contributed by atoms with Crippen LogP contribution >= 0.6 is 0 Å². The predicted octanol–water partition coefficient (Wildman–Crippen LogP) is 3.72. The van der Waals surface area contributed by atoms with Crippen LogP contribution in [0.4, 0.5) is 8.78 Å². The largest absolute Gasteiger partial charge is 0.457 e. The summed E-state index contributed by atoms with van der Waals surface area (Å²) in [5.41, 5.74) is 0.134. The normalized spacial score (nSPS) is 10.7. The Balaban J connectivity index is 2.21. The van der Waals surface area contributed by atoms with Gasteiger partial charge >= 0.3 is 0 Å². The quantitative estimate of drug-likeness (QED) is 0.798. The van der Waals surface area contributed by atoms with Gasteiger partial charge in [-0.1, -0.05) is 0 Å². The smallest absolute Gasteiger partial charge is 0.169 e. The summed E-state index contributed by atoms with van der Waals surface area (Å²) >= 11 is 0. The minimum absolute atomic E-state index is 0.134. The molecule has 3 nitrogen and oxygen atoms in total. The molecule has 0 radical (unpaired) electrons. The highest BCUT2D eigenvalue weighted by atomic mass is 19.1. The molecule has 0 unspecified atom stereocenters. The topological polar surface area (TPSA) is 54.0 Å². The SMILES string of the molecule is N#CCC(=O)/C=C/c1ccc(-c2ccc(F)cc2F)o1. The Hall–Kier alpha value is -2.74. The molecule has 0 N–H and O–H groups in total. The van der Waals surface area contributed by atoms with Crippen LogP contribution in [0.1, 0.15) is 12.2 Å². The third-order valence-electron chi connectivity index (χ3n) is 2.51. The van der Waals surface area contributed by atoms with Crippen LogP contribution in [0.2, 0.25) is 0 Å². The van der Waals surface area contributed by atoms with E-state index in [1.54, 1.807) is 12.1 Å². The van der Waals surface area contributed by atoms with E-state index < -0.39 is 11.6 Å². The molecule has 2 aromatic rings. The van der Waals surface area contributed by atoms with Gasteiger partial charge in [-0.2, -0.15) is 5.26 Å². The molecular weight excluding hydrogens is 264 g/mol. The van der Waals surface area contributed by atoms with Gasteiger partial charge in [-0.05, 0) is 36.4 Å². The van der Waals surface area contributed by atoms with Crippen LogP contribution in [-0.4, -0.2) is 5.78 Å². The second kappa shape index (κ2) is 5.93. The Bertz CT molecular complexity index is 711. The fourth-order valence-electron chi connectivity index (χ4n) is 1.59. The third kappa shape index (κ3) is 3.18. The summed E-state index contributed by atoms with van der Waals surface area (Å²) in [5.74, 6) is -1.17. The number of allylic oxidation sites excluding steroid dienone is 1. The summed E-state index contributed by atoms with van der Waals surface area (Å²) in [6.07, 6.45) is 2.40. The van der Waals surface area contributed by atoms with Crippen molar-refractivity contribution in [2.45, 2.75) is 6.42 Å². The number of carbonyl (C=O) groups is 1. The summed E-state index contributed by atoms with van der Waals surface area (Å²) in [4.78, 5) is 11.1. The fraction of sp³-hybridized carbons (Fsp3) is 0.0667. The number of carbonyl (C=O) groups excluding carboxylic acids is 1. The van der Waals surface area contributed by atoms with Crippen molar-refractivity contribution in [3.05, 3.63) is 53.8 Å². The van der Waals surface area contributed by atoms with Gasteiger partial charge in [-0.25, -0.2) is 8.78 Å². The average molecular weight is 273 g/mol. The average Bonchev–Trinajstić information content (AvgIpc) is 2.85. The van der Waals surface area contributed by atoms with Crippen molar-refractivity contribution in [3.63, 3.8) is 0 Å². The van der Waals surface area contributed by atoms with Gasteiger partial charge in [-0.3, -0.25) is 4.79 Å². The molecule has 5 heteroatoms. The van der Waals surface area contributed by atoms with Crippen LogP contribution < -0.4 is 0 Å². The zero-order chi connectivity index (χ0) is 14.5. The molecule has 0 aliphatic rings. The van der Waals surface area contributed by atoms with E-state index in [0.717, 1.165) is 12.1 Å². The Labute approximate surface area is 113 Å². The molecule has 0 saturated carbocycles. The highest BCUT2D eigenvalue weighted by Gasteiger charge is 2.10. The lowest BCUT2D eigenvalue weighted by Crippen LogP contribution is -1.87. The minimum Gasteiger partial charge on any atom is -0.457 e. The summed E-state index contributed by atoms with van der Waals surface area (Å²) in [5, 5.41) is 8.34. The number of nitrogens with zero attached hydrogens (tertiary/aromatic N) is 1. The van der Waals surface area contributed by atoms with Gasteiger partial charge in [-0.15, -0.1) is 0 Å². The lowest BCUT2D eigenvalue weighted by atomic mass is 10.1. The standard InChI is InChI=1S/C15H9F2NO2/c16-10-1-5-13(14(17)9-10)15-6-4-12(20-15)3-2-11(19)7-8-18/h1-6,9H,7H2/b3-2+. The molecule has 1 heterocycles. The van der Waals surface area contributed by atoms with Crippen molar-refractivity contribution >= 4 is 11.9 Å². The molecule has 0 aliphatic heterocycles. The molecule has 20 heavy (non-hydrogen) atoms. The van der Waals surface area contributed by atoms with Crippen LogP contribution in [0.3, 0.4) is 0 Å². The lowest BCUT2D eigenvalue weighted by molar-refractivity contribution is -0.113. The van der Waals surface area contributed by atoms with Crippen LogP contribution in [0.15, 0.2) is 40.8 Å². The second-order valence-corrected chi connectivity index (χ2v) is 3.96. The Morgan fingerprint density at radius 2 is 2.10 bits per heavy atom. The molecule has 0 amide bonds. The Morgan fingerprint density at radius 1 is 1.30 bits per heavy atom. The van der Waals surface area contributed by atoms with Crippen LogP contribution in [0, 0.1) is 23.0 Å². The maximum Gasteiger partial charge on any atom is 0.169 e. The first-order chi connectivity index (χ1) is 9.60. The first-order valence-corrected chi connectivity index (χ1v) is 5.73. The number of hydrogen-bond acceptors (Lipinski definition) is 3. The van der Waals surface area contributed by atoms with E-state index in [0.29, 0.717) is 5.76 Å². The highest BCUT2D eigenvalue weighted by molar-refractivity contribution is 5.94. The van der Waals surface area contributed by atoms with E-state index in [4.69, 9.17) is 9.68 Å². The molecule has 100 valence electrons. The monoisotopic (exact) mass is 273 g/mol. The first-order valence-electron chi connectivity index (χ1n) is 5.73. The maximum absolute atomic E-state index is 13.6. The van der Waals surface area contributed by atoms with Gasteiger partial charge in [0.15, 0.2) is 5.78 Å². The summed E-state index contributed by atoms with van der Waals surface area (Å²) in [6.45, 7) is 0. The molecule has 0 fully saturated rings. The van der Waals surface area contributed by atoms with Crippen LogP contribution in [0.5, 0.6) is 0 Å². The Kier molecular flexibility index (Phi) is 4.06. The van der Waals surface area contributed by atoms with E-state index in [9.17, 15) is 13.6 Å². The van der Waals surface area contributed by atoms with E-state index in [2.05, 4.69) is 0 Å². The van der Waals surface area contributed by atoms with E-state index >= 15 is 0 Å². The van der Waals surface area contributed by atoms with Crippen molar-refractivity contribution in [1.82, 2.24) is 0 Å². The molecule has 0 spiro atoms. The van der Waals surface area contributed by atoms with E-state index in [1.165, 1.54) is 24.3 Å². The summed E-state index contributed by atoms with van der Waals surface area (Å²) in [7, 11) is 0. The van der Waals surface area contributed by atoms with Crippen molar-refractivity contribution in [1.29, 1.82) is 5.26 Å². The molecule has 0 aliphatic carbocycles. The highest BCUT2D eigenvalue weighted by Crippen LogP contribution is 2.26. The van der Waals surface area contributed by atoms with E-state index in [-0.39, 0.29) is 23.5 Å². The summed E-state index contributed by atoms with van der Waals surface area (Å²) in [6, 6.07) is 7.97. The van der Waals surface area contributed by atoms with Gasteiger partial charge in [0, 0.05) is 6.07 Å². The van der Waals surface area contributed by atoms with Gasteiger partial charge in [0.1, 0.15) is 23.2 Å². The van der Waals surface area contributed by atoms with Crippen LogP contribution in [-0.2, 0) is 4.79 Å². The minimum atomic E-state index is -0.726. The second-order valence-electron chi connectivity index (χ2n) is 3.96. The van der Waals surface area contributed by atoms with Crippen molar-refractivity contribution < 1.29 is 18.0 Å².